The van der Waals surface area contributed by atoms with E-state index in [4.69, 9.17) is 14.2 Å². The summed E-state index contributed by atoms with van der Waals surface area (Å²) in [5.41, 5.74) is 0. The molecule has 1 N–H and O–H groups in total. The Kier molecular flexibility index (Phi) is 3.56. The Bertz CT molecular complexity index is 251. The molecule has 0 bridgehead atoms. The first-order valence-corrected chi connectivity index (χ1v) is 4.51. The molecule has 0 aromatic heterocycles. The van der Waals surface area contributed by atoms with Crippen LogP contribution in [0.2, 0.25) is 0 Å². The van der Waals surface area contributed by atoms with Crippen molar-refractivity contribution in [2.75, 3.05) is 13.2 Å². The lowest BCUT2D eigenvalue weighted by molar-refractivity contribution is -0.265. The van der Waals surface area contributed by atoms with Crippen molar-refractivity contribution in [1.29, 1.82) is 0 Å². The van der Waals surface area contributed by atoms with Crippen LogP contribution in [0.4, 0.5) is 0 Å². The number of aliphatic hydroxyl groups is 1. The Labute approximate surface area is 87.1 Å². The lowest BCUT2D eigenvalue weighted by atomic mass is 10.2. The van der Waals surface area contributed by atoms with Crippen molar-refractivity contribution in [3.05, 3.63) is 0 Å². The summed E-state index contributed by atoms with van der Waals surface area (Å²) in [5, 5.41) is 9.17. The van der Waals surface area contributed by atoms with Gasteiger partial charge in [0.15, 0.2) is 18.2 Å². The molecule has 1 heterocycles. The van der Waals surface area contributed by atoms with E-state index >= 15 is 0 Å². The summed E-state index contributed by atoms with van der Waals surface area (Å²) in [6, 6.07) is 0. The van der Waals surface area contributed by atoms with Crippen molar-refractivity contribution in [2.24, 2.45) is 0 Å². The van der Waals surface area contributed by atoms with E-state index < -0.39 is 24.3 Å². The fourth-order valence-corrected chi connectivity index (χ4v) is 1.48. The molecule has 0 aromatic rings. The Morgan fingerprint density at radius 2 is 2.13 bits per heavy atom. The smallest absolute Gasteiger partial charge is 0.228 e. The van der Waals surface area contributed by atoms with Crippen molar-refractivity contribution < 1.29 is 28.9 Å². The van der Waals surface area contributed by atoms with Crippen LogP contribution in [0.1, 0.15) is 13.8 Å². The average molecular weight is 218 g/mol. The van der Waals surface area contributed by atoms with Crippen LogP contribution in [0, 0.1) is 0 Å². The third-order valence-corrected chi connectivity index (χ3v) is 2.00. The first-order chi connectivity index (χ1) is 6.99. The van der Waals surface area contributed by atoms with Crippen LogP contribution in [-0.2, 0) is 23.8 Å². The summed E-state index contributed by atoms with van der Waals surface area (Å²) in [4.78, 5) is 20.9. The number of hydrogen-bond donors (Lipinski definition) is 1. The van der Waals surface area contributed by atoms with Crippen molar-refractivity contribution in [1.82, 2.24) is 0 Å². The first kappa shape index (κ1) is 12.3. The van der Waals surface area contributed by atoms with Crippen LogP contribution in [-0.4, -0.2) is 48.6 Å². The van der Waals surface area contributed by atoms with E-state index in [2.05, 4.69) is 0 Å². The van der Waals surface area contributed by atoms with Gasteiger partial charge in [0.1, 0.15) is 19.5 Å². The minimum Gasteiger partial charge on any atom is -0.391 e. The monoisotopic (exact) mass is 218 g/mol. The molecule has 1 aliphatic heterocycles. The van der Waals surface area contributed by atoms with Gasteiger partial charge in [-0.3, -0.25) is 0 Å². The molecular weight excluding hydrogens is 204 g/mol. The van der Waals surface area contributed by atoms with Crippen LogP contribution in [0.5, 0.6) is 0 Å². The zero-order valence-electron chi connectivity index (χ0n) is 8.63. The van der Waals surface area contributed by atoms with E-state index in [1.54, 1.807) is 13.8 Å². The second-order valence-corrected chi connectivity index (χ2v) is 3.62. The summed E-state index contributed by atoms with van der Waals surface area (Å²) in [5.74, 6) is -2.61. The quantitative estimate of drug-likeness (QED) is 0.611. The van der Waals surface area contributed by atoms with Gasteiger partial charge in [-0.15, -0.1) is 0 Å². The van der Waals surface area contributed by atoms with Gasteiger partial charge in [-0.1, -0.05) is 0 Å². The van der Waals surface area contributed by atoms with Crippen molar-refractivity contribution in [3.8, 4) is 0 Å². The van der Waals surface area contributed by atoms with Gasteiger partial charge in [0, 0.05) is 0 Å². The van der Waals surface area contributed by atoms with Crippen molar-refractivity contribution >= 4 is 12.6 Å². The zero-order valence-corrected chi connectivity index (χ0v) is 8.63. The summed E-state index contributed by atoms with van der Waals surface area (Å²) in [6.45, 7) is 2.34. The van der Waals surface area contributed by atoms with Crippen LogP contribution < -0.4 is 0 Å². The highest BCUT2D eigenvalue weighted by atomic mass is 16.8. The fourth-order valence-electron chi connectivity index (χ4n) is 1.48. The van der Waals surface area contributed by atoms with Crippen LogP contribution in [0.15, 0.2) is 0 Å². The Morgan fingerprint density at radius 3 is 2.60 bits per heavy atom. The van der Waals surface area contributed by atoms with Gasteiger partial charge in [-0.05, 0) is 13.8 Å². The van der Waals surface area contributed by atoms with E-state index in [1.165, 1.54) is 0 Å². The third-order valence-electron chi connectivity index (χ3n) is 2.00. The number of carbonyl (C=O) groups is 2. The molecule has 2 atom stereocenters. The highest BCUT2D eigenvalue weighted by Gasteiger charge is 2.54. The predicted octanol–water partition coefficient (Wildman–Crippen LogP) is -0.759. The Balaban J connectivity index is 2.85. The number of carbonyl (C=O) groups excluding carboxylic acids is 2. The molecular formula is C9H14O6. The lowest BCUT2D eigenvalue weighted by Crippen LogP contribution is -2.47. The minimum atomic E-state index is -1.58. The number of aldehydes is 2. The maximum atomic E-state index is 10.7. The van der Waals surface area contributed by atoms with Gasteiger partial charge < -0.3 is 28.9 Å². The van der Waals surface area contributed by atoms with Gasteiger partial charge in [0.05, 0.1) is 0 Å². The van der Waals surface area contributed by atoms with Gasteiger partial charge >= 0.3 is 0 Å². The molecule has 0 saturated carbocycles. The molecule has 6 nitrogen and oxygen atoms in total. The standard InChI is InChI=1S/C9H14O6/c1-8(2)14-7(5-11)9(6-12,15-8)13-4-3-10/h3,5,7,12H,4,6H2,1-2H3/t7-,9-/m0/s1. The van der Waals surface area contributed by atoms with Gasteiger partial charge in [0.2, 0.25) is 5.79 Å². The number of aliphatic hydroxyl groups excluding tert-OH is 1. The molecule has 1 rings (SSSR count). The second-order valence-electron chi connectivity index (χ2n) is 3.62. The highest BCUT2D eigenvalue weighted by molar-refractivity contribution is 5.59. The topological polar surface area (TPSA) is 82.1 Å². The van der Waals surface area contributed by atoms with E-state index in [-0.39, 0.29) is 6.61 Å². The second kappa shape index (κ2) is 4.36. The van der Waals surface area contributed by atoms with Crippen molar-refractivity contribution in [2.45, 2.75) is 31.5 Å². The van der Waals surface area contributed by atoms with Crippen LogP contribution >= 0.6 is 0 Å². The lowest BCUT2D eigenvalue weighted by Gasteiger charge is -2.28. The van der Waals surface area contributed by atoms with Gasteiger partial charge in [-0.2, -0.15) is 0 Å². The van der Waals surface area contributed by atoms with E-state index in [1.807, 2.05) is 0 Å². The first-order valence-electron chi connectivity index (χ1n) is 4.51. The Hall–Kier alpha value is -0.820. The molecule has 15 heavy (non-hydrogen) atoms. The zero-order chi connectivity index (χ0) is 11.5. The van der Waals surface area contributed by atoms with Gasteiger partial charge in [-0.25, -0.2) is 0 Å². The number of rotatable bonds is 5. The molecule has 0 spiro atoms. The van der Waals surface area contributed by atoms with Crippen LogP contribution in [0.3, 0.4) is 0 Å². The molecule has 0 unspecified atom stereocenters. The molecule has 0 amide bonds. The average Bonchev–Trinajstić information content (AvgIpc) is 2.47. The molecule has 86 valence electrons. The van der Waals surface area contributed by atoms with Crippen LogP contribution in [0.25, 0.3) is 0 Å². The molecule has 1 saturated heterocycles. The summed E-state index contributed by atoms with van der Waals surface area (Å²) in [7, 11) is 0. The molecule has 0 aromatic carbocycles. The normalized spacial score (nSPS) is 33.9. The number of ether oxygens (including phenoxy) is 3. The molecule has 0 aliphatic carbocycles. The number of hydrogen-bond acceptors (Lipinski definition) is 6. The largest absolute Gasteiger partial charge is 0.391 e. The fraction of sp³-hybridized carbons (Fsp3) is 0.778. The van der Waals surface area contributed by atoms with E-state index in [0.717, 1.165) is 0 Å². The molecule has 1 aliphatic rings. The highest BCUT2D eigenvalue weighted by Crippen LogP contribution is 2.36. The molecule has 1 fully saturated rings. The summed E-state index contributed by atoms with van der Waals surface area (Å²) >= 11 is 0. The SMILES string of the molecule is CC1(C)O[C@@H](C=O)[C@@](CO)(OCC=O)O1. The maximum Gasteiger partial charge on any atom is 0.228 e. The Morgan fingerprint density at radius 1 is 1.47 bits per heavy atom. The molecule has 0 radical (unpaired) electrons. The summed E-state index contributed by atoms with van der Waals surface area (Å²) < 4.78 is 15.5. The third kappa shape index (κ3) is 2.40. The van der Waals surface area contributed by atoms with E-state index in [9.17, 15) is 14.7 Å². The molecule has 6 heteroatoms. The summed E-state index contributed by atoms with van der Waals surface area (Å²) in [6.07, 6.45) is -0.0542. The minimum absolute atomic E-state index is 0.273. The maximum absolute atomic E-state index is 10.7. The predicted molar refractivity (Wildman–Crippen MR) is 47.9 cm³/mol. The van der Waals surface area contributed by atoms with Gasteiger partial charge in [0.25, 0.3) is 0 Å². The van der Waals surface area contributed by atoms with Crippen molar-refractivity contribution in [3.63, 3.8) is 0 Å². The van der Waals surface area contributed by atoms with E-state index in [0.29, 0.717) is 12.6 Å².